The number of nitrogens with one attached hydrogen (secondary N) is 1. The third-order valence-electron chi connectivity index (χ3n) is 9.16. The van der Waals surface area contributed by atoms with Crippen molar-refractivity contribution in [1.29, 1.82) is 0 Å². The molecule has 0 aromatic rings. The third-order valence-corrected chi connectivity index (χ3v) is 9.16. The molecular weight excluding hydrogens is 576 g/mol. The van der Waals surface area contributed by atoms with E-state index in [9.17, 15) is 19.5 Å². The molecule has 0 heterocycles. The Morgan fingerprint density at radius 1 is 0.565 bits per heavy atom. The summed E-state index contributed by atoms with van der Waals surface area (Å²) in [6.07, 6.45) is 34.0. The monoisotopic (exact) mass is 653 g/mol. The zero-order valence-corrected chi connectivity index (χ0v) is 30.4. The molecule has 7 nitrogen and oxygen atoms in total. The van der Waals surface area contributed by atoms with Gasteiger partial charge in [0.2, 0.25) is 5.91 Å². The van der Waals surface area contributed by atoms with Crippen molar-refractivity contribution >= 4 is 17.8 Å². The first-order chi connectivity index (χ1) is 22.4. The predicted molar refractivity (Wildman–Crippen MR) is 193 cm³/mol. The lowest BCUT2D eigenvalue weighted by Crippen LogP contribution is -2.42. The molecule has 0 unspecified atom stereocenters. The maximum absolute atomic E-state index is 12.7. The molecule has 46 heavy (non-hydrogen) atoms. The molecular formula is C39H76N2O5. The lowest BCUT2D eigenvalue weighted by Gasteiger charge is -2.20. The normalized spacial score (nSPS) is 12.6. The maximum Gasteiger partial charge on any atom is 0.326 e. The summed E-state index contributed by atoms with van der Waals surface area (Å²) in [5, 5.41) is 12.1. The van der Waals surface area contributed by atoms with E-state index in [2.05, 4.69) is 19.2 Å². The van der Waals surface area contributed by atoms with Crippen LogP contribution < -0.4 is 11.1 Å². The van der Waals surface area contributed by atoms with Gasteiger partial charge in [-0.15, -0.1) is 0 Å². The predicted octanol–water partition coefficient (Wildman–Crippen LogP) is 10.6. The Balaban J connectivity index is 4.32. The molecule has 0 radical (unpaired) electrons. The van der Waals surface area contributed by atoms with Gasteiger partial charge in [-0.1, -0.05) is 168 Å². The van der Waals surface area contributed by atoms with Crippen LogP contribution in [0.15, 0.2) is 0 Å². The van der Waals surface area contributed by atoms with E-state index < -0.39 is 18.1 Å². The molecule has 1 amide bonds. The molecule has 0 aromatic heterocycles. The minimum atomic E-state index is -1.06. The highest BCUT2D eigenvalue weighted by atomic mass is 16.5. The van der Waals surface area contributed by atoms with Crippen LogP contribution in [0.25, 0.3) is 0 Å². The van der Waals surface area contributed by atoms with Gasteiger partial charge >= 0.3 is 11.9 Å². The highest BCUT2D eigenvalue weighted by Crippen LogP contribution is 2.17. The van der Waals surface area contributed by atoms with Gasteiger partial charge in [-0.05, 0) is 38.6 Å². The molecule has 7 heteroatoms. The third kappa shape index (κ3) is 31.0. The summed E-state index contributed by atoms with van der Waals surface area (Å²) in [6.45, 7) is 4.89. The minimum absolute atomic E-state index is 0.00885. The molecule has 0 saturated carbocycles. The van der Waals surface area contributed by atoms with Crippen molar-refractivity contribution in [1.82, 2.24) is 5.32 Å². The quantitative estimate of drug-likeness (QED) is 0.0458. The fourth-order valence-electron chi connectivity index (χ4n) is 6.16. The van der Waals surface area contributed by atoms with Crippen molar-refractivity contribution in [2.75, 3.05) is 6.54 Å². The van der Waals surface area contributed by atoms with Gasteiger partial charge in [0.1, 0.15) is 12.1 Å². The first-order valence-electron chi connectivity index (χ1n) is 19.9. The Bertz CT molecular complexity index is 702. The van der Waals surface area contributed by atoms with Crippen LogP contribution in [0.1, 0.15) is 213 Å². The molecule has 0 aromatic carbocycles. The molecule has 0 bridgehead atoms. The summed E-state index contributed by atoms with van der Waals surface area (Å²) in [6, 6.07) is -0.963. The molecule has 0 aliphatic heterocycles. The van der Waals surface area contributed by atoms with Gasteiger partial charge in [0, 0.05) is 6.42 Å². The smallest absolute Gasteiger partial charge is 0.326 e. The average molecular weight is 653 g/mol. The molecule has 0 saturated heterocycles. The number of carboxylic acid groups (broad SMARTS) is 1. The van der Waals surface area contributed by atoms with E-state index in [4.69, 9.17) is 10.5 Å². The highest BCUT2D eigenvalue weighted by Gasteiger charge is 2.23. The fourth-order valence-corrected chi connectivity index (χ4v) is 6.16. The van der Waals surface area contributed by atoms with E-state index in [1.807, 2.05) is 0 Å². The molecule has 0 spiro atoms. The topological polar surface area (TPSA) is 119 Å². The summed E-state index contributed by atoms with van der Waals surface area (Å²) in [5.41, 5.74) is 5.53. The largest absolute Gasteiger partial charge is 0.480 e. The number of nitrogens with two attached hydrogens (primary N) is 1. The van der Waals surface area contributed by atoms with E-state index in [-0.39, 0.29) is 18.3 Å². The van der Waals surface area contributed by atoms with Gasteiger partial charge in [-0.25, -0.2) is 4.79 Å². The number of carbonyl (C=O) groups excluding carboxylic acids is 2. The van der Waals surface area contributed by atoms with Crippen molar-refractivity contribution in [2.24, 2.45) is 5.73 Å². The van der Waals surface area contributed by atoms with Gasteiger partial charge in [0.15, 0.2) is 0 Å². The molecule has 0 aliphatic rings. The zero-order chi connectivity index (χ0) is 33.9. The molecule has 0 aliphatic carbocycles. The van der Waals surface area contributed by atoms with E-state index >= 15 is 0 Å². The number of carboxylic acids is 1. The molecule has 2 atom stereocenters. The first kappa shape index (κ1) is 44.4. The lowest BCUT2D eigenvalue weighted by atomic mass is 10.0. The Labute approximate surface area is 284 Å². The molecule has 0 fully saturated rings. The van der Waals surface area contributed by atoms with Gasteiger partial charge in [0.25, 0.3) is 0 Å². The number of hydrogen-bond acceptors (Lipinski definition) is 5. The van der Waals surface area contributed by atoms with Crippen LogP contribution in [-0.2, 0) is 19.1 Å². The zero-order valence-electron chi connectivity index (χ0n) is 30.4. The van der Waals surface area contributed by atoms with Gasteiger partial charge in [-0.3, -0.25) is 9.59 Å². The summed E-state index contributed by atoms with van der Waals surface area (Å²) in [4.78, 5) is 37.0. The van der Waals surface area contributed by atoms with Gasteiger partial charge < -0.3 is 20.9 Å². The second kappa shape index (κ2) is 34.7. The standard InChI is InChI=1S/C39H76N2O5/c1-3-5-7-9-11-13-15-17-18-20-22-24-26-28-32-38(43)46-35(34-37(42)41-36(39(44)45)31-29-33-40)30-27-25-23-21-19-16-14-12-10-8-6-4-2/h35-36H,3-34,40H2,1-2H3,(H,41,42)(H,44,45)/t35-,36+/m1/s1. The van der Waals surface area contributed by atoms with Crippen LogP contribution in [0, 0.1) is 0 Å². The van der Waals surface area contributed by atoms with Gasteiger partial charge in [-0.2, -0.15) is 0 Å². The van der Waals surface area contributed by atoms with Crippen molar-refractivity contribution in [3.63, 3.8) is 0 Å². The Kier molecular flexibility index (Phi) is 33.5. The van der Waals surface area contributed by atoms with Crippen LogP contribution in [-0.4, -0.2) is 41.6 Å². The summed E-state index contributed by atoms with van der Waals surface area (Å²) >= 11 is 0. The fraction of sp³-hybridized carbons (Fsp3) is 0.923. The number of ether oxygens (including phenoxy) is 1. The van der Waals surface area contributed by atoms with E-state index in [0.717, 1.165) is 38.5 Å². The number of hydrogen-bond donors (Lipinski definition) is 3. The molecule has 272 valence electrons. The SMILES string of the molecule is CCCCCCCCCCCCCCCCC(=O)O[C@H](CCCCCCCCCCCCCC)CC(=O)N[C@@H](CCCN)C(=O)O. The average Bonchev–Trinajstić information content (AvgIpc) is 3.03. The first-order valence-corrected chi connectivity index (χ1v) is 19.9. The number of carbonyl (C=O) groups is 3. The van der Waals surface area contributed by atoms with E-state index in [1.165, 1.54) is 128 Å². The van der Waals surface area contributed by atoms with E-state index in [0.29, 0.717) is 32.2 Å². The number of amides is 1. The van der Waals surface area contributed by atoms with Crippen LogP contribution in [0.2, 0.25) is 0 Å². The van der Waals surface area contributed by atoms with Crippen LogP contribution in [0.4, 0.5) is 0 Å². The second-order valence-corrected chi connectivity index (χ2v) is 13.7. The van der Waals surface area contributed by atoms with Gasteiger partial charge in [0.05, 0.1) is 6.42 Å². The lowest BCUT2D eigenvalue weighted by molar-refractivity contribution is -0.151. The van der Waals surface area contributed by atoms with Crippen LogP contribution >= 0.6 is 0 Å². The van der Waals surface area contributed by atoms with Crippen LogP contribution in [0.5, 0.6) is 0 Å². The summed E-state index contributed by atoms with van der Waals surface area (Å²) in [7, 11) is 0. The Morgan fingerprint density at radius 3 is 1.35 bits per heavy atom. The van der Waals surface area contributed by atoms with Crippen molar-refractivity contribution in [3.05, 3.63) is 0 Å². The number of esters is 1. The number of aliphatic carboxylic acids is 1. The Hall–Kier alpha value is -1.63. The molecule has 0 rings (SSSR count). The van der Waals surface area contributed by atoms with Crippen molar-refractivity contribution < 1.29 is 24.2 Å². The minimum Gasteiger partial charge on any atom is -0.480 e. The maximum atomic E-state index is 12.7. The summed E-state index contributed by atoms with van der Waals surface area (Å²) < 4.78 is 5.79. The number of rotatable bonds is 36. The van der Waals surface area contributed by atoms with Crippen molar-refractivity contribution in [3.8, 4) is 0 Å². The van der Waals surface area contributed by atoms with Crippen molar-refractivity contribution in [2.45, 2.75) is 225 Å². The van der Waals surface area contributed by atoms with E-state index in [1.54, 1.807) is 0 Å². The Morgan fingerprint density at radius 2 is 0.957 bits per heavy atom. The number of unbranched alkanes of at least 4 members (excludes halogenated alkanes) is 24. The highest BCUT2D eigenvalue weighted by molar-refractivity contribution is 5.84. The summed E-state index contributed by atoms with van der Waals surface area (Å²) in [5.74, 6) is -1.68. The second-order valence-electron chi connectivity index (χ2n) is 13.7. The molecule has 4 N–H and O–H groups in total. The van der Waals surface area contributed by atoms with Crippen LogP contribution in [0.3, 0.4) is 0 Å².